The summed E-state index contributed by atoms with van der Waals surface area (Å²) in [5.41, 5.74) is 5.94. The van der Waals surface area contributed by atoms with E-state index >= 15 is 0 Å². The molecule has 98 valence electrons. The van der Waals surface area contributed by atoms with Crippen molar-refractivity contribution in [2.75, 3.05) is 18.0 Å². The number of hydrogen-bond donors (Lipinski definition) is 1. The molecule has 2 N–H and O–H groups in total. The predicted octanol–water partition coefficient (Wildman–Crippen LogP) is 0.713. The van der Waals surface area contributed by atoms with Crippen LogP contribution in [0.4, 0.5) is 11.4 Å². The van der Waals surface area contributed by atoms with E-state index in [0.717, 1.165) is 0 Å². The zero-order chi connectivity index (χ0) is 13.3. The van der Waals surface area contributed by atoms with E-state index in [1.165, 1.54) is 16.4 Å². The number of benzene rings is 1. The molecule has 1 saturated heterocycles. The van der Waals surface area contributed by atoms with Gasteiger partial charge < -0.3 is 5.73 Å². The molecular formula is C10H13N3O4S. The molecule has 1 aliphatic rings. The molecule has 1 fully saturated rings. The Hall–Kier alpha value is -1.67. The SMILES string of the molecule is Nc1ccc(CN2CCCS2(=O)=O)cc1[N+](=O)[O-]. The topological polar surface area (TPSA) is 107 Å². The van der Waals surface area contributed by atoms with Gasteiger partial charge in [0.2, 0.25) is 10.0 Å². The Labute approximate surface area is 104 Å². The van der Waals surface area contributed by atoms with E-state index in [0.29, 0.717) is 18.5 Å². The van der Waals surface area contributed by atoms with Gasteiger partial charge in [0.05, 0.1) is 10.7 Å². The van der Waals surface area contributed by atoms with Crippen LogP contribution in [0.3, 0.4) is 0 Å². The second-order valence-corrected chi connectivity index (χ2v) is 6.24. The monoisotopic (exact) mass is 271 g/mol. The number of anilines is 1. The van der Waals surface area contributed by atoms with Crippen LogP contribution in [0.2, 0.25) is 0 Å². The molecule has 1 heterocycles. The lowest BCUT2D eigenvalue weighted by Crippen LogP contribution is -2.25. The quantitative estimate of drug-likeness (QED) is 0.495. The van der Waals surface area contributed by atoms with Crippen molar-refractivity contribution in [3.63, 3.8) is 0 Å². The third kappa shape index (κ3) is 2.44. The summed E-state index contributed by atoms with van der Waals surface area (Å²) in [7, 11) is -3.20. The van der Waals surface area contributed by atoms with Crippen molar-refractivity contribution in [1.29, 1.82) is 0 Å². The van der Waals surface area contributed by atoms with Gasteiger partial charge in [0.1, 0.15) is 5.69 Å². The molecule has 1 aliphatic heterocycles. The lowest BCUT2D eigenvalue weighted by molar-refractivity contribution is -0.384. The van der Waals surface area contributed by atoms with Crippen molar-refractivity contribution in [2.45, 2.75) is 13.0 Å². The molecule has 0 aliphatic carbocycles. The van der Waals surface area contributed by atoms with Crippen LogP contribution in [0.25, 0.3) is 0 Å². The van der Waals surface area contributed by atoms with Gasteiger partial charge in [0, 0.05) is 19.2 Å². The van der Waals surface area contributed by atoms with E-state index in [1.54, 1.807) is 6.07 Å². The minimum atomic E-state index is -3.20. The number of rotatable bonds is 3. The molecule has 0 bridgehead atoms. The number of sulfonamides is 1. The van der Waals surface area contributed by atoms with E-state index in [4.69, 9.17) is 5.73 Å². The first-order chi connectivity index (χ1) is 8.40. The van der Waals surface area contributed by atoms with Crippen molar-refractivity contribution in [3.05, 3.63) is 33.9 Å². The van der Waals surface area contributed by atoms with Crippen LogP contribution in [0.15, 0.2) is 18.2 Å². The van der Waals surface area contributed by atoms with Gasteiger partial charge in [0.25, 0.3) is 5.69 Å². The maximum atomic E-state index is 11.6. The molecule has 0 aromatic heterocycles. The molecule has 1 aromatic carbocycles. The lowest BCUT2D eigenvalue weighted by Gasteiger charge is -2.14. The van der Waals surface area contributed by atoms with Gasteiger partial charge in [-0.1, -0.05) is 6.07 Å². The van der Waals surface area contributed by atoms with Crippen LogP contribution in [-0.4, -0.2) is 29.9 Å². The van der Waals surface area contributed by atoms with Crippen LogP contribution in [-0.2, 0) is 16.6 Å². The van der Waals surface area contributed by atoms with Gasteiger partial charge in [-0.2, -0.15) is 4.31 Å². The molecule has 7 nitrogen and oxygen atoms in total. The van der Waals surface area contributed by atoms with Crippen molar-refractivity contribution in [3.8, 4) is 0 Å². The standard InChI is InChI=1S/C10H13N3O4S/c11-9-3-2-8(6-10(9)13(14)15)7-12-4-1-5-18(12,16)17/h2-3,6H,1,4-5,7,11H2. The average Bonchev–Trinajstić information content (AvgIpc) is 2.60. The maximum Gasteiger partial charge on any atom is 0.292 e. The van der Waals surface area contributed by atoms with Gasteiger partial charge >= 0.3 is 0 Å². The van der Waals surface area contributed by atoms with Crippen molar-refractivity contribution in [2.24, 2.45) is 0 Å². The molecule has 8 heteroatoms. The van der Waals surface area contributed by atoms with Crippen LogP contribution in [0.1, 0.15) is 12.0 Å². The highest BCUT2D eigenvalue weighted by Gasteiger charge is 2.28. The molecule has 0 saturated carbocycles. The third-order valence-electron chi connectivity index (χ3n) is 2.85. The fourth-order valence-electron chi connectivity index (χ4n) is 1.92. The second kappa shape index (κ2) is 4.54. The summed E-state index contributed by atoms with van der Waals surface area (Å²) in [6.07, 6.45) is 0.597. The lowest BCUT2D eigenvalue weighted by atomic mass is 10.1. The Kier molecular flexibility index (Phi) is 3.22. The number of nitro groups is 1. The fourth-order valence-corrected chi connectivity index (χ4v) is 3.42. The molecule has 0 amide bonds. The molecule has 1 aromatic rings. The van der Waals surface area contributed by atoms with Crippen LogP contribution in [0.5, 0.6) is 0 Å². The van der Waals surface area contributed by atoms with Crippen molar-refractivity contribution in [1.82, 2.24) is 4.31 Å². The highest BCUT2D eigenvalue weighted by atomic mass is 32.2. The summed E-state index contributed by atoms with van der Waals surface area (Å²) in [6, 6.07) is 4.36. The number of nitrogens with zero attached hydrogens (tertiary/aromatic N) is 2. The highest BCUT2D eigenvalue weighted by Crippen LogP contribution is 2.24. The first kappa shape index (κ1) is 12.8. The van der Waals surface area contributed by atoms with E-state index in [9.17, 15) is 18.5 Å². The fraction of sp³-hybridized carbons (Fsp3) is 0.400. The van der Waals surface area contributed by atoms with E-state index < -0.39 is 14.9 Å². The molecule has 0 radical (unpaired) electrons. The smallest absolute Gasteiger partial charge is 0.292 e. The van der Waals surface area contributed by atoms with E-state index in [1.807, 2.05) is 0 Å². The molecule has 0 atom stereocenters. The van der Waals surface area contributed by atoms with Crippen LogP contribution < -0.4 is 5.73 Å². The van der Waals surface area contributed by atoms with Crippen LogP contribution in [0, 0.1) is 10.1 Å². The number of hydrogen-bond acceptors (Lipinski definition) is 5. The van der Waals surface area contributed by atoms with E-state index in [2.05, 4.69) is 0 Å². The normalized spacial score (nSPS) is 18.9. The van der Waals surface area contributed by atoms with Gasteiger partial charge in [0.15, 0.2) is 0 Å². The molecule has 0 unspecified atom stereocenters. The van der Waals surface area contributed by atoms with Gasteiger partial charge in [-0.3, -0.25) is 10.1 Å². The Morgan fingerprint density at radius 1 is 1.44 bits per heavy atom. The maximum absolute atomic E-state index is 11.6. The second-order valence-electron chi connectivity index (χ2n) is 4.15. The van der Waals surface area contributed by atoms with Crippen molar-refractivity contribution < 1.29 is 13.3 Å². The zero-order valence-electron chi connectivity index (χ0n) is 9.57. The summed E-state index contributed by atoms with van der Waals surface area (Å²) in [6.45, 7) is 0.615. The zero-order valence-corrected chi connectivity index (χ0v) is 10.4. The molecular weight excluding hydrogens is 258 g/mol. The van der Waals surface area contributed by atoms with Crippen molar-refractivity contribution >= 4 is 21.4 Å². The van der Waals surface area contributed by atoms with Gasteiger partial charge in [-0.25, -0.2) is 8.42 Å². The Balaban J connectivity index is 2.25. The van der Waals surface area contributed by atoms with Gasteiger partial charge in [-0.05, 0) is 18.1 Å². The first-order valence-corrected chi connectivity index (χ1v) is 7.02. The third-order valence-corrected chi connectivity index (χ3v) is 4.76. The Bertz CT molecular complexity index is 585. The molecule has 0 spiro atoms. The first-order valence-electron chi connectivity index (χ1n) is 5.41. The Morgan fingerprint density at radius 3 is 2.72 bits per heavy atom. The minimum absolute atomic E-state index is 0.0769. The molecule has 18 heavy (non-hydrogen) atoms. The summed E-state index contributed by atoms with van der Waals surface area (Å²) < 4.78 is 24.6. The van der Waals surface area contributed by atoms with E-state index in [-0.39, 0.29) is 23.7 Å². The number of nitrogen functional groups attached to an aromatic ring is 1. The summed E-state index contributed by atoms with van der Waals surface area (Å²) in [4.78, 5) is 10.2. The highest BCUT2D eigenvalue weighted by molar-refractivity contribution is 7.89. The molecule has 2 rings (SSSR count). The van der Waals surface area contributed by atoms with Gasteiger partial charge in [-0.15, -0.1) is 0 Å². The summed E-state index contributed by atoms with van der Waals surface area (Å²) in [5, 5.41) is 10.7. The minimum Gasteiger partial charge on any atom is -0.393 e. The number of nitro benzene ring substituents is 1. The number of nitrogens with two attached hydrogens (primary N) is 1. The summed E-state index contributed by atoms with van der Waals surface area (Å²) >= 11 is 0. The average molecular weight is 271 g/mol. The predicted molar refractivity (Wildman–Crippen MR) is 66.3 cm³/mol. The Morgan fingerprint density at radius 2 is 2.17 bits per heavy atom. The van der Waals surface area contributed by atoms with Crippen LogP contribution >= 0.6 is 0 Å². The largest absolute Gasteiger partial charge is 0.393 e. The summed E-state index contributed by atoms with van der Waals surface area (Å²) in [5.74, 6) is 0.143.